The Morgan fingerprint density at radius 1 is 1.18 bits per heavy atom. The lowest BCUT2D eigenvalue weighted by Gasteiger charge is -2.28. The summed E-state index contributed by atoms with van der Waals surface area (Å²) in [5, 5.41) is 14.2. The monoisotopic (exact) mass is 490 g/mol. The van der Waals surface area contributed by atoms with Gasteiger partial charge in [-0.1, -0.05) is 30.3 Å². The molecular formula is C22H30N6O5S. The molecule has 0 unspecified atom stereocenters. The van der Waals surface area contributed by atoms with Crippen molar-refractivity contribution in [3.63, 3.8) is 0 Å². The lowest BCUT2D eigenvalue weighted by molar-refractivity contribution is -0.135. The summed E-state index contributed by atoms with van der Waals surface area (Å²) in [5.74, 6) is -0.898. The molecule has 1 heterocycles. The molecule has 2 amide bonds. The first-order valence-corrected chi connectivity index (χ1v) is 12.4. The van der Waals surface area contributed by atoms with Crippen molar-refractivity contribution in [1.29, 1.82) is 0 Å². The number of hydrogen-bond donors (Lipinski definition) is 5. The predicted octanol–water partition coefficient (Wildman–Crippen LogP) is -0.750. The lowest BCUT2D eigenvalue weighted by atomic mass is 10.1. The van der Waals surface area contributed by atoms with E-state index in [1.165, 1.54) is 17.0 Å². The number of carbonyl (C=O) groups excluding carboxylic acids is 2. The molecule has 12 heteroatoms. The van der Waals surface area contributed by atoms with Gasteiger partial charge in [0.1, 0.15) is 6.04 Å². The number of nitrogens with zero attached hydrogens (tertiary/aromatic N) is 2. The zero-order valence-corrected chi connectivity index (χ0v) is 19.5. The molecule has 2 atom stereocenters. The Bertz CT molecular complexity index is 1170. The number of rotatable bonds is 10. The Morgan fingerprint density at radius 2 is 1.91 bits per heavy atom. The van der Waals surface area contributed by atoms with Gasteiger partial charge in [-0.15, -0.1) is 0 Å². The molecule has 7 N–H and O–H groups in total. The molecule has 0 bridgehead atoms. The van der Waals surface area contributed by atoms with Crippen molar-refractivity contribution in [2.24, 2.45) is 16.5 Å². The van der Waals surface area contributed by atoms with E-state index in [1.54, 1.807) is 18.2 Å². The van der Waals surface area contributed by atoms with Gasteiger partial charge < -0.3 is 26.8 Å². The van der Waals surface area contributed by atoms with Crippen molar-refractivity contribution >= 4 is 38.6 Å². The van der Waals surface area contributed by atoms with Gasteiger partial charge in [0.25, 0.3) is 0 Å². The number of aliphatic imine (C=N–C) groups is 1. The molecule has 1 aliphatic heterocycles. The van der Waals surface area contributed by atoms with Gasteiger partial charge >= 0.3 is 0 Å². The van der Waals surface area contributed by atoms with Crippen molar-refractivity contribution < 1.29 is 23.1 Å². The summed E-state index contributed by atoms with van der Waals surface area (Å²) in [6.07, 6.45) is 1.45. The minimum absolute atomic E-state index is 0.00320. The SMILES string of the molecule is NC(N)=NCCC(=O)NC[C@@H]1CCCN1C(=O)[C@@H](CO)NS(=O)(=O)c1ccc2ccccc2c1. The van der Waals surface area contributed by atoms with Crippen LogP contribution in [0.1, 0.15) is 19.3 Å². The number of guanidine groups is 1. The van der Waals surface area contributed by atoms with Crippen molar-refractivity contribution in [2.45, 2.75) is 36.2 Å². The van der Waals surface area contributed by atoms with Crippen molar-refractivity contribution in [2.75, 3.05) is 26.2 Å². The molecule has 0 aromatic heterocycles. The number of benzene rings is 2. The number of aliphatic hydroxyl groups is 1. The summed E-state index contributed by atoms with van der Waals surface area (Å²) in [6, 6.07) is 10.3. The maximum atomic E-state index is 13.1. The van der Waals surface area contributed by atoms with Crippen LogP contribution in [0, 0.1) is 0 Å². The number of nitrogens with two attached hydrogens (primary N) is 2. The number of aliphatic hydroxyl groups excluding tert-OH is 1. The maximum Gasteiger partial charge on any atom is 0.243 e. The number of amides is 2. The first-order chi connectivity index (χ1) is 16.2. The average molecular weight is 491 g/mol. The molecule has 34 heavy (non-hydrogen) atoms. The third kappa shape index (κ3) is 6.43. The maximum absolute atomic E-state index is 13.1. The minimum Gasteiger partial charge on any atom is -0.394 e. The Hall–Kier alpha value is -3.22. The highest BCUT2D eigenvalue weighted by molar-refractivity contribution is 7.89. The molecule has 1 aliphatic rings. The van der Waals surface area contributed by atoms with E-state index in [1.807, 2.05) is 12.1 Å². The summed E-state index contributed by atoms with van der Waals surface area (Å²) < 4.78 is 28.2. The van der Waals surface area contributed by atoms with Gasteiger partial charge in [-0.25, -0.2) is 8.42 Å². The molecule has 2 aromatic rings. The van der Waals surface area contributed by atoms with Crippen LogP contribution in [0.3, 0.4) is 0 Å². The second kappa shape index (κ2) is 11.3. The summed E-state index contributed by atoms with van der Waals surface area (Å²) in [5.41, 5.74) is 10.5. The summed E-state index contributed by atoms with van der Waals surface area (Å²) in [6.45, 7) is 0.0773. The highest BCUT2D eigenvalue weighted by atomic mass is 32.2. The molecule has 0 radical (unpaired) electrons. The topological polar surface area (TPSA) is 180 Å². The Kier molecular flexibility index (Phi) is 8.42. The van der Waals surface area contributed by atoms with Gasteiger partial charge in [0, 0.05) is 25.6 Å². The van der Waals surface area contributed by atoms with E-state index >= 15 is 0 Å². The minimum atomic E-state index is -4.06. The van der Waals surface area contributed by atoms with Crippen LogP contribution in [0.15, 0.2) is 52.4 Å². The van der Waals surface area contributed by atoms with E-state index in [2.05, 4.69) is 15.0 Å². The van der Waals surface area contributed by atoms with Crippen LogP contribution in [0.5, 0.6) is 0 Å². The molecular weight excluding hydrogens is 460 g/mol. The van der Waals surface area contributed by atoms with Gasteiger partial charge in [-0.2, -0.15) is 4.72 Å². The third-order valence-electron chi connectivity index (χ3n) is 5.64. The van der Waals surface area contributed by atoms with Gasteiger partial charge in [0.05, 0.1) is 18.0 Å². The standard InChI is InChI=1S/C22H30N6O5S/c23-22(24)25-10-9-20(30)26-13-17-6-3-11-28(17)21(31)19(14-29)27-34(32,33)18-8-7-15-4-1-2-5-16(15)12-18/h1-2,4-5,7-8,12,17,19,27,29H,3,6,9-11,13-14H2,(H,26,30)(H4,23,24,25)/t17-,19+/m0/s1. The van der Waals surface area contributed by atoms with E-state index in [4.69, 9.17) is 11.5 Å². The second-order valence-corrected chi connectivity index (χ2v) is 9.77. The van der Waals surface area contributed by atoms with Gasteiger partial charge in [-0.05, 0) is 35.7 Å². The Balaban J connectivity index is 1.64. The second-order valence-electron chi connectivity index (χ2n) is 8.05. The molecule has 3 rings (SSSR count). The number of hydrogen-bond acceptors (Lipinski definition) is 6. The van der Waals surface area contributed by atoms with E-state index < -0.39 is 28.6 Å². The normalized spacial score (nSPS) is 16.9. The van der Waals surface area contributed by atoms with Crippen LogP contribution < -0.4 is 21.5 Å². The first kappa shape index (κ1) is 25.4. The average Bonchev–Trinajstić information content (AvgIpc) is 3.29. The zero-order valence-electron chi connectivity index (χ0n) is 18.7. The fourth-order valence-corrected chi connectivity index (χ4v) is 5.12. The highest BCUT2D eigenvalue weighted by Crippen LogP contribution is 2.21. The molecule has 2 aromatic carbocycles. The van der Waals surface area contributed by atoms with Gasteiger partial charge in [0.15, 0.2) is 5.96 Å². The van der Waals surface area contributed by atoms with Crippen LogP contribution in [-0.2, 0) is 19.6 Å². The zero-order chi connectivity index (χ0) is 24.7. The molecule has 0 spiro atoms. The molecule has 11 nitrogen and oxygen atoms in total. The summed E-state index contributed by atoms with van der Waals surface area (Å²) in [4.78, 5) is 30.3. The lowest BCUT2D eigenvalue weighted by Crippen LogP contribution is -2.53. The van der Waals surface area contributed by atoms with E-state index in [0.717, 1.165) is 10.8 Å². The molecule has 0 aliphatic carbocycles. The summed E-state index contributed by atoms with van der Waals surface area (Å²) in [7, 11) is -4.06. The number of carbonyl (C=O) groups is 2. The van der Waals surface area contributed by atoms with Crippen LogP contribution in [0.25, 0.3) is 10.8 Å². The molecule has 1 saturated heterocycles. The van der Waals surface area contributed by atoms with E-state index in [0.29, 0.717) is 19.4 Å². The van der Waals surface area contributed by atoms with Crippen molar-refractivity contribution in [3.8, 4) is 0 Å². The molecule has 0 saturated carbocycles. The number of fused-ring (bicyclic) bond motifs is 1. The van der Waals surface area contributed by atoms with Gasteiger partial charge in [0.2, 0.25) is 21.8 Å². The van der Waals surface area contributed by atoms with Crippen molar-refractivity contribution in [3.05, 3.63) is 42.5 Å². The largest absolute Gasteiger partial charge is 0.394 e. The number of likely N-dealkylation sites (tertiary alicyclic amines) is 1. The van der Waals surface area contributed by atoms with Gasteiger partial charge in [-0.3, -0.25) is 14.6 Å². The number of nitrogens with one attached hydrogen (secondary N) is 2. The molecule has 1 fully saturated rings. The van der Waals surface area contributed by atoms with Crippen LogP contribution >= 0.6 is 0 Å². The van der Waals surface area contributed by atoms with Crippen molar-refractivity contribution in [1.82, 2.24) is 14.9 Å². The third-order valence-corrected chi connectivity index (χ3v) is 7.11. The fraction of sp³-hybridized carbons (Fsp3) is 0.409. The highest BCUT2D eigenvalue weighted by Gasteiger charge is 2.35. The Labute approximate surface area is 198 Å². The Morgan fingerprint density at radius 3 is 2.62 bits per heavy atom. The van der Waals surface area contributed by atoms with E-state index in [-0.39, 0.29) is 42.3 Å². The number of sulfonamides is 1. The smallest absolute Gasteiger partial charge is 0.243 e. The van der Waals surface area contributed by atoms with Crippen LogP contribution in [-0.4, -0.2) is 74.5 Å². The predicted molar refractivity (Wildman–Crippen MR) is 128 cm³/mol. The quantitative estimate of drug-likeness (QED) is 0.215. The van der Waals surface area contributed by atoms with Crippen LogP contribution in [0.4, 0.5) is 0 Å². The fourth-order valence-electron chi connectivity index (χ4n) is 3.90. The van der Waals surface area contributed by atoms with E-state index in [9.17, 15) is 23.1 Å². The first-order valence-electron chi connectivity index (χ1n) is 11.0. The summed E-state index contributed by atoms with van der Waals surface area (Å²) >= 11 is 0. The molecule has 184 valence electrons. The van der Waals surface area contributed by atoms with Crippen LogP contribution in [0.2, 0.25) is 0 Å².